The molecule has 0 bridgehead atoms. The molecule has 0 spiro atoms. The first-order valence-corrected chi connectivity index (χ1v) is 13.4. The number of carbonyl (C=O) groups excluding carboxylic acids is 4. The Morgan fingerprint density at radius 2 is 1.37 bits per heavy atom. The number of imide groups is 2. The summed E-state index contributed by atoms with van der Waals surface area (Å²) in [6.45, 7) is 1.65. The fraction of sp³-hybridized carbons (Fsp3) is 0.0625. The Morgan fingerprint density at radius 3 is 1.93 bits per heavy atom. The number of urea groups is 1. The predicted octanol–water partition coefficient (Wildman–Crippen LogP) is 6.36. The highest BCUT2D eigenvalue weighted by atomic mass is 79.9. The van der Waals surface area contributed by atoms with Crippen molar-refractivity contribution >= 4 is 62.8 Å². The minimum Gasteiger partial charge on any atom is -0.483 e. The average Bonchev–Trinajstić information content (AvgIpc) is 2.97. The topological polar surface area (TPSA) is 96.0 Å². The van der Waals surface area contributed by atoms with Crippen molar-refractivity contribution < 1.29 is 23.9 Å². The largest absolute Gasteiger partial charge is 0.483 e. The van der Waals surface area contributed by atoms with Gasteiger partial charge in [-0.3, -0.25) is 14.4 Å². The molecule has 0 saturated carbocycles. The number of benzene rings is 4. The van der Waals surface area contributed by atoms with Crippen LogP contribution in [-0.4, -0.2) is 30.4 Å². The van der Waals surface area contributed by atoms with Gasteiger partial charge in [0.05, 0.1) is 11.4 Å². The van der Waals surface area contributed by atoms with Crippen LogP contribution in [0.3, 0.4) is 0 Å². The Balaban J connectivity index is 1.49. The van der Waals surface area contributed by atoms with Crippen molar-refractivity contribution in [1.29, 1.82) is 0 Å². The van der Waals surface area contributed by atoms with Gasteiger partial charge in [-0.2, -0.15) is 0 Å². The predicted molar refractivity (Wildman–Crippen MR) is 161 cm³/mol. The van der Waals surface area contributed by atoms with Gasteiger partial charge >= 0.3 is 6.03 Å². The summed E-state index contributed by atoms with van der Waals surface area (Å²) in [5.74, 6) is -1.66. The summed E-state index contributed by atoms with van der Waals surface area (Å²) in [7, 11) is 0. The molecule has 1 aliphatic rings. The maximum Gasteiger partial charge on any atom is 0.343 e. The quantitative estimate of drug-likeness (QED) is 0.194. The Hall–Kier alpha value is -5.02. The third-order valence-corrected chi connectivity index (χ3v) is 6.74. The summed E-state index contributed by atoms with van der Waals surface area (Å²) in [5.41, 5.74) is 2.46. The number of amides is 5. The molecule has 0 atom stereocenters. The van der Waals surface area contributed by atoms with Crippen LogP contribution < -0.4 is 19.9 Å². The Morgan fingerprint density at radius 1 is 0.805 bits per heavy atom. The van der Waals surface area contributed by atoms with E-state index in [2.05, 4.69) is 21.2 Å². The molecule has 5 rings (SSSR count). The highest BCUT2D eigenvalue weighted by molar-refractivity contribution is 9.10. The number of anilines is 3. The fourth-order valence-electron chi connectivity index (χ4n) is 4.24. The molecular formula is C32H24BrN3O5. The van der Waals surface area contributed by atoms with Crippen LogP contribution in [0.25, 0.3) is 6.08 Å². The molecule has 1 heterocycles. The van der Waals surface area contributed by atoms with Gasteiger partial charge < -0.3 is 10.1 Å². The molecule has 9 heteroatoms. The van der Waals surface area contributed by atoms with E-state index >= 15 is 0 Å². The fourth-order valence-corrected chi connectivity index (χ4v) is 4.61. The Bertz CT molecular complexity index is 1590. The van der Waals surface area contributed by atoms with E-state index in [1.54, 1.807) is 91.0 Å². The molecule has 0 aliphatic carbocycles. The minimum atomic E-state index is -0.784. The van der Waals surface area contributed by atoms with E-state index < -0.39 is 17.8 Å². The summed E-state index contributed by atoms with van der Waals surface area (Å²) in [6.07, 6.45) is 1.38. The number of aryl methyl sites for hydroxylation is 1. The molecule has 1 saturated heterocycles. The van der Waals surface area contributed by atoms with Gasteiger partial charge in [0, 0.05) is 15.7 Å². The molecule has 5 amide bonds. The van der Waals surface area contributed by atoms with Gasteiger partial charge in [0.2, 0.25) is 0 Å². The van der Waals surface area contributed by atoms with E-state index in [4.69, 9.17) is 4.74 Å². The van der Waals surface area contributed by atoms with Crippen LogP contribution in [-0.2, 0) is 14.4 Å². The summed E-state index contributed by atoms with van der Waals surface area (Å²) in [4.78, 5) is 55.4. The molecule has 0 radical (unpaired) electrons. The highest BCUT2D eigenvalue weighted by Gasteiger charge is 2.43. The maximum absolute atomic E-state index is 13.7. The summed E-state index contributed by atoms with van der Waals surface area (Å²) in [5, 5.41) is 2.77. The normalized spacial score (nSPS) is 13.3. The molecule has 41 heavy (non-hydrogen) atoms. The van der Waals surface area contributed by atoms with Crippen molar-refractivity contribution in [3.8, 4) is 5.75 Å². The van der Waals surface area contributed by atoms with Gasteiger partial charge in [-0.1, -0.05) is 70.0 Å². The van der Waals surface area contributed by atoms with Crippen molar-refractivity contribution in [1.82, 2.24) is 0 Å². The van der Waals surface area contributed by atoms with Gasteiger partial charge in [-0.15, -0.1) is 0 Å². The molecule has 1 N–H and O–H groups in total. The third-order valence-electron chi connectivity index (χ3n) is 6.24. The molecule has 0 unspecified atom stereocenters. The van der Waals surface area contributed by atoms with Gasteiger partial charge in [0.25, 0.3) is 17.7 Å². The minimum absolute atomic E-state index is 0.246. The molecule has 4 aromatic rings. The Kier molecular flexibility index (Phi) is 8.07. The van der Waals surface area contributed by atoms with E-state index in [1.165, 1.54) is 6.08 Å². The number of hydrogen-bond donors (Lipinski definition) is 1. The number of rotatable bonds is 7. The number of halogens is 1. The van der Waals surface area contributed by atoms with Gasteiger partial charge in [0.15, 0.2) is 6.61 Å². The third kappa shape index (κ3) is 6.10. The second-order valence-electron chi connectivity index (χ2n) is 9.18. The zero-order valence-corrected chi connectivity index (χ0v) is 23.5. The van der Waals surface area contributed by atoms with Crippen molar-refractivity contribution in [2.24, 2.45) is 0 Å². The molecular weight excluding hydrogens is 586 g/mol. The summed E-state index contributed by atoms with van der Waals surface area (Å²) >= 11 is 3.42. The lowest BCUT2D eigenvalue weighted by molar-refractivity contribution is -0.121. The SMILES string of the molecule is Cc1ccc(NC(=O)COc2ccc(Br)cc2C=C2C(=O)N(c3ccccc3)C(=O)N(c3ccccc3)C2=O)cc1. The van der Waals surface area contributed by atoms with Crippen LogP contribution in [0.2, 0.25) is 0 Å². The number of barbiturate groups is 1. The summed E-state index contributed by atoms with van der Waals surface area (Å²) in [6, 6.07) is 28.4. The van der Waals surface area contributed by atoms with Crippen LogP contribution in [0.15, 0.2) is 113 Å². The van der Waals surface area contributed by atoms with E-state index in [-0.39, 0.29) is 23.8 Å². The first-order valence-electron chi connectivity index (χ1n) is 12.7. The lowest BCUT2D eigenvalue weighted by atomic mass is 10.0. The van der Waals surface area contributed by atoms with Crippen LogP contribution in [0.5, 0.6) is 5.75 Å². The van der Waals surface area contributed by atoms with Crippen molar-refractivity contribution in [3.05, 3.63) is 124 Å². The molecule has 8 nitrogen and oxygen atoms in total. The van der Waals surface area contributed by atoms with E-state index in [0.717, 1.165) is 15.4 Å². The van der Waals surface area contributed by atoms with Crippen molar-refractivity contribution in [2.45, 2.75) is 6.92 Å². The standard InChI is InChI=1S/C32H24BrN3O5/c1-21-12-15-24(16-13-21)34-29(37)20-41-28-17-14-23(33)18-22(28)19-27-30(38)35(25-8-4-2-5-9-25)32(40)36(31(27)39)26-10-6-3-7-11-26/h2-19H,20H2,1H3,(H,34,37). The highest BCUT2D eigenvalue weighted by Crippen LogP contribution is 2.32. The van der Waals surface area contributed by atoms with E-state index in [0.29, 0.717) is 27.1 Å². The molecule has 204 valence electrons. The van der Waals surface area contributed by atoms with Crippen LogP contribution in [0.1, 0.15) is 11.1 Å². The maximum atomic E-state index is 13.7. The Labute approximate surface area is 245 Å². The van der Waals surface area contributed by atoms with Crippen molar-refractivity contribution in [2.75, 3.05) is 21.7 Å². The van der Waals surface area contributed by atoms with Gasteiger partial charge in [0.1, 0.15) is 11.3 Å². The second-order valence-corrected chi connectivity index (χ2v) is 10.1. The van der Waals surface area contributed by atoms with Crippen LogP contribution in [0.4, 0.5) is 21.9 Å². The van der Waals surface area contributed by atoms with Crippen LogP contribution >= 0.6 is 15.9 Å². The molecule has 0 aromatic heterocycles. The number of nitrogens with one attached hydrogen (secondary N) is 1. The first-order chi connectivity index (χ1) is 19.8. The lowest BCUT2D eigenvalue weighted by Gasteiger charge is -2.34. The number of ether oxygens (including phenoxy) is 1. The van der Waals surface area contributed by atoms with E-state index in [9.17, 15) is 19.2 Å². The first kappa shape index (κ1) is 27.5. The number of nitrogens with zero attached hydrogens (tertiary/aromatic N) is 2. The van der Waals surface area contributed by atoms with E-state index in [1.807, 2.05) is 19.1 Å². The zero-order chi connectivity index (χ0) is 28.9. The summed E-state index contributed by atoms with van der Waals surface area (Å²) < 4.78 is 6.47. The van der Waals surface area contributed by atoms with Crippen molar-refractivity contribution in [3.63, 3.8) is 0 Å². The molecule has 4 aromatic carbocycles. The zero-order valence-electron chi connectivity index (χ0n) is 21.9. The van der Waals surface area contributed by atoms with Crippen LogP contribution in [0, 0.1) is 6.92 Å². The molecule has 1 aliphatic heterocycles. The average molecular weight is 610 g/mol. The van der Waals surface area contributed by atoms with Gasteiger partial charge in [-0.05, 0) is 67.6 Å². The second kappa shape index (κ2) is 12.0. The number of para-hydroxylation sites is 2. The lowest BCUT2D eigenvalue weighted by Crippen LogP contribution is -2.57. The number of carbonyl (C=O) groups is 4. The molecule has 1 fully saturated rings. The number of hydrogen-bond acceptors (Lipinski definition) is 5. The smallest absolute Gasteiger partial charge is 0.343 e. The monoisotopic (exact) mass is 609 g/mol. The van der Waals surface area contributed by atoms with Gasteiger partial charge in [-0.25, -0.2) is 14.6 Å².